The van der Waals surface area contributed by atoms with Crippen molar-refractivity contribution < 1.29 is 19.1 Å². The third kappa shape index (κ3) is 4.29. The van der Waals surface area contributed by atoms with Gasteiger partial charge in [0.15, 0.2) is 0 Å². The highest BCUT2D eigenvalue weighted by Crippen LogP contribution is 2.30. The lowest BCUT2D eigenvalue weighted by Crippen LogP contribution is -2.36. The first-order chi connectivity index (χ1) is 12.2. The van der Waals surface area contributed by atoms with Gasteiger partial charge in [0.2, 0.25) is 5.91 Å². The lowest BCUT2D eigenvalue weighted by atomic mass is 10.0. The van der Waals surface area contributed by atoms with Crippen molar-refractivity contribution in [2.24, 2.45) is 0 Å². The Labute approximate surface area is 146 Å². The molecule has 3 rings (SSSR count). The molecule has 25 heavy (non-hydrogen) atoms. The maximum absolute atomic E-state index is 11.6. The number of carbonyl (C=O) groups is 2. The maximum Gasteiger partial charge on any atom is 0.407 e. The van der Waals surface area contributed by atoms with Crippen molar-refractivity contribution in [1.82, 2.24) is 10.6 Å². The molecular weight excluding hydrogens is 320 g/mol. The minimum Gasteiger partial charge on any atom is -0.493 e. The molecular formula is C19H20N2O4. The standard InChI is InChI=1S/C19H20N2O4/c1-24-19(23)21-12-18(22)20-11-13-2-4-14(5-3-13)15-6-7-17-16(10-15)8-9-25-17/h2-7,10H,8-9,11-12H2,1H3,(H,20,22)(H,21,23). The molecule has 6 nitrogen and oxygen atoms in total. The number of hydrogen-bond donors (Lipinski definition) is 2. The Morgan fingerprint density at radius 1 is 1.08 bits per heavy atom. The zero-order valence-electron chi connectivity index (χ0n) is 14.0. The smallest absolute Gasteiger partial charge is 0.407 e. The number of nitrogens with one attached hydrogen (secondary N) is 2. The summed E-state index contributed by atoms with van der Waals surface area (Å²) < 4.78 is 9.94. The molecule has 1 heterocycles. The highest BCUT2D eigenvalue weighted by molar-refractivity contribution is 5.82. The van der Waals surface area contributed by atoms with Crippen LogP contribution in [-0.2, 0) is 22.5 Å². The van der Waals surface area contributed by atoms with Gasteiger partial charge in [-0.25, -0.2) is 4.79 Å². The molecule has 2 aromatic carbocycles. The minimum absolute atomic E-state index is 0.109. The monoisotopic (exact) mass is 340 g/mol. The molecule has 2 aromatic rings. The molecule has 130 valence electrons. The van der Waals surface area contributed by atoms with Crippen molar-refractivity contribution >= 4 is 12.0 Å². The molecule has 0 aromatic heterocycles. The van der Waals surface area contributed by atoms with Gasteiger partial charge in [-0.1, -0.05) is 30.3 Å². The number of benzene rings is 2. The fraction of sp³-hybridized carbons (Fsp3) is 0.263. The van der Waals surface area contributed by atoms with Gasteiger partial charge < -0.3 is 20.1 Å². The third-order valence-electron chi connectivity index (χ3n) is 4.05. The first-order valence-electron chi connectivity index (χ1n) is 8.09. The van der Waals surface area contributed by atoms with E-state index in [0.29, 0.717) is 6.54 Å². The molecule has 0 unspecified atom stereocenters. The lowest BCUT2D eigenvalue weighted by Gasteiger charge is -2.08. The Morgan fingerprint density at radius 2 is 1.84 bits per heavy atom. The summed E-state index contributed by atoms with van der Waals surface area (Å²) in [5.41, 5.74) is 4.51. The molecule has 0 atom stereocenters. The average molecular weight is 340 g/mol. The van der Waals surface area contributed by atoms with Gasteiger partial charge in [0, 0.05) is 13.0 Å². The van der Waals surface area contributed by atoms with Crippen LogP contribution in [0.3, 0.4) is 0 Å². The van der Waals surface area contributed by atoms with Crippen LogP contribution < -0.4 is 15.4 Å². The largest absolute Gasteiger partial charge is 0.493 e. The van der Waals surface area contributed by atoms with E-state index < -0.39 is 6.09 Å². The first-order valence-corrected chi connectivity index (χ1v) is 8.09. The Balaban J connectivity index is 1.55. The highest BCUT2D eigenvalue weighted by atomic mass is 16.5. The van der Waals surface area contributed by atoms with E-state index in [2.05, 4.69) is 27.5 Å². The Bertz CT molecular complexity index is 771. The number of methoxy groups -OCH3 is 1. The van der Waals surface area contributed by atoms with Crippen LogP contribution in [-0.4, -0.2) is 32.3 Å². The zero-order valence-corrected chi connectivity index (χ0v) is 14.0. The van der Waals surface area contributed by atoms with E-state index in [4.69, 9.17) is 4.74 Å². The van der Waals surface area contributed by atoms with E-state index in [9.17, 15) is 9.59 Å². The summed E-state index contributed by atoms with van der Waals surface area (Å²) in [5.74, 6) is 0.705. The van der Waals surface area contributed by atoms with Crippen LogP contribution in [0.15, 0.2) is 42.5 Å². The van der Waals surface area contributed by atoms with Crippen molar-refractivity contribution in [2.45, 2.75) is 13.0 Å². The number of rotatable bonds is 5. The summed E-state index contributed by atoms with van der Waals surface area (Å²) in [6, 6.07) is 14.3. The predicted octanol–water partition coefficient (Wildman–Crippen LogP) is 2.26. The second-order valence-corrected chi connectivity index (χ2v) is 5.74. The van der Waals surface area contributed by atoms with Crippen LogP contribution in [0.5, 0.6) is 5.75 Å². The molecule has 1 aliphatic heterocycles. The molecule has 2 amide bonds. The van der Waals surface area contributed by atoms with Crippen LogP contribution in [0, 0.1) is 0 Å². The molecule has 0 saturated heterocycles. The number of ether oxygens (including phenoxy) is 2. The van der Waals surface area contributed by atoms with E-state index in [1.54, 1.807) is 0 Å². The molecule has 0 bridgehead atoms. The van der Waals surface area contributed by atoms with Crippen molar-refractivity contribution in [1.29, 1.82) is 0 Å². The van der Waals surface area contributed by atoms with Crippen LogP contribution in [0.25, 0.3) is 11.1 Å². The predicted molar refractivity (Wildman–Crippen MR) is 93.3 cm³/mol. The van der Waals surface area contributed by atoms with E-state index >= 15 is 0 Å². The molecule has 2 N–H and O–H groups in total. The second-order valence-electron chi connectivity index (χ2n) is 5.74. The third-order valence-corrected chi connectivity index (χ3v) is 4.05. The van der Waals surface area contributed by atoms with Crippen molar-refractivity contribution in [3.05, 3.63) is 53.6 Å². The van der Waals surface area contributed by atoms with Crippen LogP contribution in [0.2, 0.25) is 0 Å². The summed E-state index contributed by atoms with van der Waals surface area (Å²) in [7, 11) is 1.25. The molecule has 1 aliphatic rings. The van der Waals surface area contributed by atoms with Gasteiger partial charge >= 0.3 is 6.09 Å². The van der Waals surface area contributed by atoms with Gasteiger partial charge in [-0.05, 0) is 34.4 Å². The van der Waals surface area contributed by atoms with Gasteiger partial charge in [-0.3, -0.25) is 4.79 Å². The van der Waals surface area contributed by atoms with Crippen molar-refractivity contribution in [3.63, 3.8) is 0 Å². The summed E-state index contributed by atoms with van der Waals surface area (Å²) >= 11 is 0. The number of carbonyl (C=O) groups excluding carboxylic acids is 2. The van der Waals surface area contributed by atoms with E-state index in [1.807, 2.05) is 30.3 Å². The van der Waals surface area contributed by atoms with E-state index in [1.165, 1.54) is 12.7 Å². The van der Waals surface area contributed by atoms with Crippen LogP contribution >= 0.6 is 0 Å². The fourth-order valence-electron chi connectivity index (χ4n) is 2.67. The summed E-state index contributed by atoms with van der Waals surface area (Å²) in [6.45, 7) is 1.05. The molecule has 0 saturated carbocycles. The SMILES string of the molecule is COC(=O)NCC(=O)NCc1ccc(-c2ccc3c(c2)CCO3)cc1. The Kier molecular flexibility index (Phi) is 5.18. The minimum atomic E-state index is -0.626. The molecule has 0 fully saturated rings. The van der Waals surface area contributed by atoms with Crippen LogP contribution in [0.4, 0.5) is 4.79 Å². The molecule has 0 radical (unpaired) electrons. The van der Waals surface area contributed by atoms with Gasteiger partial charge in [0.05, 0.1) is 13.7 Å². The van der Waals surface area contributed by atoms with Gasteiger partial charge in [-0.2, -0.15) is 0 Å². The number of alkyl carbamates (subject to hydrolysis) is 1. The zero-order chi connectivity index (χ0) is 17.6. The van der Waals surface area contributed by atoms with Gasteiger partial charge in [0.25, 0.3) is 0 Å². The quantitative estimate of drug-likeness (QED) is 0.875. The maximum atomic E-state index is 11.6. The number of hydrogen-bond acceptors (Lipinski definition) is 4. The van der Waals surface area contributed by atoms with Crippen LogP contribution in [0.1, 0.15) is 11.1 Å². The number of fused-ring (bicyclic) bond motifs is 1. The van der Waals surface area contributed by atoms with Crippen molar-refractivity contribution in [3.8, 4) is 16.9 Å². The Morgan fingerprint density at radius 3 is 2.60 bits per heavy atom. The number of amides is 2. The summed E-state index contributed by atoms with van der Waals surface area (Å²) in [5, 5.41) is 5.08. The van der Waals surface area contributed by atoms with Gasteiger partial charge in [-0.15, -0.1) is 0 Å². The second kappa shape index (κ2) is 7.70. The molecule has 0 aliphatic carbocycles. The molecule has 0 spiro atoms. The van der Waals surface area contributed by atoms with Gasteiger partial charge in [0.1, 0.15) is 12.3 Å². The topological polar surface area (TPSA) is 76.7 Å². The van der Waals surface area contributed by atoms with E-state index in [0.717, 1.165) is 35.5 Å². The van der Waals surface area contributed by atoms with Crippen molar-refractivity contribution in [2.75, 3.05) is 20.3 Å². The van der Waals surface area contributed by atoms with E-state index in [-0.39, 0.29) is 12.5 Å². The fourth-order valence-corrected chi connectivity index (χ4v) is 2.67. The average Bonchev–Trinajstić information content (AvgIpc) is 3.12. The Hall–Kier alpha value is -3.02. The highest BCUT2D eigenvalue weighted by Gasteiger charge is 2.12. The summed E-state index contributed by atoms with van der Waals surface area (Å²) in [6.07, 6.45) is 0.326. The normalized spacial score (nSPS) is 12.0. The summed E-state index contributed by atoms with van der Waals surface area (Å²) in [4.78, 5) is 22.6. The first kappa shape index (κ1) is 16.8. The molecule has 6 heteroatoms. The lowest BCUT2D eigenvalue weighted by molar-refractivity contribution is -0.120.